The molecule has 0 bridgehead atoms. The maximum atomic E-state index is 13.0. The highest BCUT2D eigenvalue weighted by Gasteiger charge is 2.19. The van der Waals surface area contributed by atoms with Gasteiger partial charge in [0.1, 0.15) is 0 Å². The summed E-state index contributed by atoms with van der Waals surface area (Å²) in [6.07, 6.45) is 0.625. The zero-order chi connectivity index (χ0) is 24.7. The molecule has 0 fully saturated rings. The van der Waals surface area contributed by atoms with Gasteiger partial charge in [-0.2, -0.15) is 0 Å². The smallest absolute Gasteiger partial charge is 0.322 e. The fourth-order valence-electron chi connectivity index (χ4n) is 3.20. The van der Waals surface area contributed by atoms with Gasteiger partial charge in [-0.1, -0.05) is 35.9 Å². The normalized spacial score (nSPS) is 11.1. The van der Waals surface area contributed by atoms with E-state index in [9.17, 15) is 9.59 Å². The van der Waals surface area contributed by atoms with Crippen molar-refractivity contribution in [2.24, 2.45) is 5.73 Å². The Hall–Kier alpha value is -3.55. The molecule has 0 aliphatic carbocycles. The van der Waals surface area contributed by atoms with E-state index in [4.69, 9.17) is 23.1 Å². The number of hydrogen-bond acceptors (Lipinski definition) is 4. The first kappa shape index (κ1) is 25.1. The molecular formula is C26H30ClN5O2. The largest absolute Gasteiger partial charge is 0.397 e. The van der Waals surface area contributed by atoms with E-state index in [2.05, 4.69) is 10.6 Å². The van der Waals surface area contributed by atoms with E-state index in [-0.39, 0.29) is 11.9 Å². The van der Waals surface area contributed by atoms with Crippen LogP contribution in [0.3, 0.4) is 0 Å². The van der Waals surface area contributed by atoms with Crippen LogP contribution in [-0.2, 0) is 6.54 Å². The first-order valence-corrected chi connectivity index (χ1v) is 11.3. The van der Waals surface area contributed by atoms with Crippen molar-refractivity contribution in [2.75, 3.05) is 22.9 Å². The molecule has 0 unspecified atom stereocenters. The van der Waals surface area contributed by atoms with Crippen molar-refractivity contribution < 1.29 is 9.59 Å². The Morgan fingerprint density at radius 2 is 1.59 bits per heavy atom. The minimum Gasteiger partial charge on any atom is -0.397 e. The fourth-order valence-corrected chi connectivity index (χ4v) is 3.32. The number of para-hydroxylation sites is 2. The molecule has 6 N–H and O–H groups in total. The van der Waals surface area contributed by atoms with Crippen LogP contribution in [0.25, 0.3) is 0 Å². The summed E-state index contributed by atoms with van der Waals surface area (Å²) in [5.41, 5.74) is 14.7. The average molecular weight is 480 g/mol. The molecule has 3 aromatic carbocycles. The molecule has 3 rings (SSSR count). The van der Waals surface area contributed by atoms with Crippen LogP contribution in [0.5, 0.6) is 0 Å². The Balaban J connectivity index is 1.69. The molecule has 0 atom stereocenters. The summed E-state index contributed by atoms with van der Waals surface area (Å²) in [7, 11) is 0. The van der Waals surface area contributed by atoms with Crippen LogP contribution in [0.1, 0.15) is 36.2 Å². The van der Waals surface area contributed by atoms with Crippen LogP contribution >= 0.6 is 11.6 Å². The van der Waals surface area contributed by atoms with E-state index in [1.54, 1.807) is 65.6 Å². The third kappa shape index (κ3) is 7.50. The zero-order valence-electron chi connectivity index (χ0n) is 19.3. The molecule has 178 valence electrons. The van der Waals surface area contributed by atoms with Crippen LogP contribution in [0.15, 0.2) is 72.8 Å². The Kier molecular flexibility index (Phi) is 8.15. The summed E-state index contributed by atoms with van der Waals surface area (Å²) in [5, 5.41) is 6.31. The third-order valence-corrected chi connectivity index (χ3v) is 5.46. The summed E-state index contributed by atoms with van der Waals surface area (Å²) in [6, 6.07) is 20.9. The molecule has 8 heteroatoms. The number of halogens is 1. The van der Waals surface area contributed by atoms with Crippen molar-refractivity contribution >= 4 is 40.6 Å². The van der Waals surface area contributed by atoms with Gasteiger partial charge in [0.25, 0.3) is 5.91 Å². The molecule has 3 amide bonds. The van der Waals surface area contributed by atoms with Gasteiger partial charge in [-0.05, 0) is 74.4 Å². The van der Waals surface area contributed by atoms with Gasteiger partial charge in [0.05, 0.1) is 11.4 Å². The number of nitrogens with two attached hydrogens (primary N) is 2. The molecule has 3 aromatic rings. The van der Waals surface area contributed by atoms with Gasteiger partial charge in [0, 0.05) is 34.9 Å². The average Bonchev–Trinajstić information content (AvgIpc) is 2.79. The number of nitrogens with zero attached hydrogens (tertiary/aromatic N) is 1. The molecule has 7 nitrogen and oxygen atoms in total. The molecule has 0 aliphatic heterocycles. The second kappa shape index (κ2) is 11.0. The molecule has 0 aliphatic rings. The maximum Gasteiger partial charge on any atom is 0.322 e. The van der Waals surface area contributed by atoms with Crippen LogP contribution in [-0.4, -0.2) is 28.9 Å². The van der Waals surface area contributed by atoms with Crippen molar-refractivity contribution in [1.29, 1.82) is 0 Å². The van der Waals surface area contributed by atoms with Gasteiger partial charge in [0.15, 0.2) is 0 Å². The van der Waals surface area contributed by atoms with Gasteiger partial charge < -0.3 is 27.0 Å². The van der Waals surface area contributed by atoms with E-state index in [1.807, 2.05) is 26.0 Å². The summed E-state index contributed by atoms with van der Waals surface area (Å²) in [5.74, 6) is -0.258. The van der Waals surface area contributed by atoms with Gasteiger partial charge in [0.2, 0.25) is 0 Å². The number of carbonyl (C=O) groups is 2. The second-order valence-corrected chi connectivity index (χ2v) is 9.27. The van der Waals surface area contributed by atoms with E-state index in [0.717, 1.165) is 5.56 Å². The Morgan fingerprint density at radius 1 is 0.941 bits per heavy atom. The first-order chi connectivity index (χ1) is 16.1. The number of nitrogen functional groups attached to an aromatic ring is 1. The summed E-state index contributed by atoms with van der Waals surface area (Å²) in [4.78, 5) is 27.3. The highest BCUT2D eigenvalue weighted by Crippen LogP contribution is 2.19. The zero-order valence-corrected chi connectivity index (χ0v) is 20.1. The number of hydrogen-bond donors (Lipinski definition) is 4. The predicted molar refractivity (Wildman–Crippen MR) is 139 cm³/mol. The van der Waals surface area contributed by atoms with Crippen LogP contribution < -0.4 is 22.1 Å². The SMILES string of the molecule is CC(C)(N)CCN(Cc1ccc(C(=O)Nc2ccccc2N)cc1)C(=O)Nc1ccc(Cl)cc1. The molecule has 0 spiro atoms. The lowest BCUT2D eigenvalue weighted by Gasteiger charge is -2.27. The second-order valence-electron chi connectivity index (χ2n) is 8.84. The topological polar surface area (TPSA) is 113 Å². The maximum absolute atomic E-state index is 13.0. The molecule has 0 aromatic heterocycles. The molecule has 34 heavy (non-hydrogen) atoms. The van der Waals surface area contributed by atoms with E-state index in [0.29, 0.717) is 47.2 Å². The van der Waals surface area contributed by atoms with E-state index in [1.165, 1.54) is 0 Å². The number of carbonyl (C=O) groups excluding carboxylic acids is 2. The highest BCUT2D eigenvalue weighted by molar-refractivity contribution is 6.30. The van der Waals surface area contributed by atoms with Crippen molar-refractivity contribution in [3.05, 3.63) is 88.9 Å². The minimum absolute atomic E-state index is 0.243. The lowest BCUT2D eigenvalue weighted by atomic mass is 10.0. The monoisotopic (exact) mass is 479 g/mol. The van der Waals surface area contributed by atoms with E-state index < -0.39 is 5.54 Å². The van der Waals surface area contributed by atoms with Crippen molar-refractivity contribution in [3.8, 4) is 0 Å². The summed E-state index contributed by atoms with van der Waals surface area (Å²) >= 11 is 5.93. The number of amides is 3. The minimum atomic E-state index is -0.417. The molecule has 0 saturated heterocycles. The number of rotatable bonds is 8. The third-order valence-electron chi connectivity index (χ3n) is 5.21. The van der Waals surface area contributed by atoms with Gasteiger partial charge in [-0.25, -0.2) is 4.79 Å². The quantitative estimate of drug-likeness (QED) is 0.327. The van der Waals surface area contributed by atoms with Gasteiger partial charge >= 0.3 is 6.03 Å². The number of benzene rings is 3. The number of urea groups is 1. The summed E-state index contributed by atoms with van der Waals surface area (Å²) in [6.45, 7) is 4.69. The molecule has 0 radical (unpaired) electrons. The number of anilines is 3. The standard InChI is InChI=1S/C26H30ClN5O2/c1-26(2,29)15-16-32(25(34)30-21-13-11-20(27)12-14-21)17-18-7-9-19(10-8-18)24(33)31-23-6-4-3-5-22(23)28/h3-14H,15-17,28-29H2,1-2H3,(H,30,34)(H,31,33). The Morgan fingerprint density at radius 3 is 2.21 bits per heavy atom. The first-order valence-electron chi connectivity index (χ1n) is 11.0. The number of nitrogens with one attached hydrogen (secondary N) is 2. The lowest BCUT2D eigenvalue weighted by molar-refractivity contribution is 0.102. The highest BCUT2D eigenvalue weighted by atomic mass is 35.5. The van der Waals surface area contributed by atoms with Crippen LogP contribution in [0, 0.1) is 0 Å². The predicted octanol–water partition coefficient (Wildman–Crippen LogP) is 5.34. The summed E-state index contributed by atoms with van der Waals surface area (Å²) < 4.78 is 0. The van der Waals surface area contributed by atoms with Crippen LogP contribution in [0.2, 0.25) is 5.02 Å². The Bertz CT molecular complexity index is 1130. The van der Waals surface area contributed by atoms with Gasteiger partial charge in [-0.3, -0.25) is 4.79 Å². The van der Waals surface area contributed by atoms with Crippen molar-refractivity contribution in [1.82, 2.24) is 4.90 Å². The van der Waals surface area contributed by atoms with E-state index >= 15 is 0 Å². The fraction of sp³-hybridized carbons (Fsp3) is 0.231. The van der Waals surface area contributed by atoms with Crippen molar-refractivity contribution in [3.63, 3.8) is 0 Å². The van der Waals surface area contributed by atoms with Crippen LogP contribution in [0.4, 0.5) is 21.9 Å². The molecular weight excluding hydrogens is 450 g/mol. The molecule has 0 heterocycles. The lowest BCUT2D eigenvalue weighted by Crippen LogP contribution is -2.41. The molecule has 0 saturated carbocycles. The van der Waals surface area contributed by atoms with Crippen molar-refractivity contribution in [2.45, 2.75) is 32.4 Å². The Labute approximate surface area is 205 Å². The van der Waals surface area contributed by atoms with Gasteiger partial charge in [-0.15, -0.1) is 0 Å².